The summed E-state index contributed by atoms with van der Waals surface area (Å²) in [5.74, 6) is 0. The average Bonchev–Trinajstić information content (AvgIpc) is 2.78. The number of amides is 1. The van der Waals surface area contributed by atoms with Crippen molar-refractivity contribution in [3.63, 3.8) is 0 Å². The van der Waals surface area contributed by atoms with Gasteiger partial charge in [-0.1, -0.05) is 11.6 Å². The Balaban J connectivity index is 1.95. The Hall–Kier alpha value is -0.820. The van der Waals surface area contributed by atoms with E-state index in [0.717, 1.165) is 10.4 Å². The molecule has 3 rings (SSSR count). The smallest absolute Gasteiger partial charge is 0.407 e. The minimum Gasteiger partial charge on any atom is -0.465 e. The minimum absolute atomic E-state index is 0.120. The topological polar surface area (TPSA) is 70.0 Å². The summed E-state index contributed by atoms with van der Waals surface area (Å²) in [5, 5.41) is 19.2. The molecule has 1 aromatic rings. The maximum atomic E-state index is 11.2. The molecule has 0 radical (unpaired) electrons. The lowest BCUT2D eigenvalue weighted by Crippen LogP contribution is -2.52. The van der Waals surface area contributed by atoms with Crippen LogP contribution in [0, 0.1) is 0 Å². The van der Waals surface area contributed by atoms with Crippen molar-refractivity contribution in [1.29, 1.82) is 0 Å². The van der Waals surface area contributed by atoms with E-state index >= 15 is 0 Å². The summed E-state index contributed by atoms with van der Waals surface area (Å²) in [7, 11) is 0. The number of fused-ring (bicyclic) bond motifs is 2. The molecule has 7 heteroatoms. The highest BCUT2D eigenvalue weighted by molar-refractivity contribution is 7.16. The van der Waals surface area contributed by atoms with E-state index in [1.807, 2.05) is 6.92 Å². The van der Waals surface area contributed by atoms with Gasteiger partial charge in [0.25, 0.3) is 0 Å². The second-order valence-corrected chi connectivity index (χ2v) is 7.12. The molecule has 110 valence electrons. The molecule has 0 aromatic carbocycles. The Morgan fingerprint density at radius 3 is 3.05 bits per heavy atom. The standard InChI is InChI=1S/C13H16ClNO4S/c1-7-5-13(2-3-15(7)12(17)18)11-8(4-10(14)20-11)9(16)6-19-13/h4,7,9,16H,2-3,5-6H2,1H3,(H,17,18)/t7-,9?,13+/m0/s1. The van der Waals surface area contributed by atoms with E-state index < -0.39 is 17.8 Å². The lowest BCUT2D eigenvalue weighted by Gasteiger charge is -2.46. The van der Waals surface area contributed by atoms with E-state index in [9.17, 15) is 9.90 Å². The molecule has 1 aromatic heterocycles. The molecule has 20 heavy (non-hydrogen) atoms. The van der Waals surface area contributed by atoms with E-state index in [4.69, 9.17) is 21.4 Å². The number of nitrogens with zero attached hydrogens (tertiary/aromatic N) is 1. The number of ether oxygens (including phenoxy) is 1. The van der Waals surface area contributed by atoms with Gasteiger partial charge in [0.15, 0.2) is 0 Å². The predicted octanol–water partition coefficient (Wildman–Crippen LogP) is 2.82. The minimum atomic E-state index is -0.896. The summed E-state index contributed by atoms with van der Waals surface area (Å²) < 4.78 is 6.57. The van der Waals surface area contributed by atoms with Crippen LogP contribution >= 0.6 is 22.9 Å². The fourth-order valence-electron chi connectivity index (χ4n) is 3.20. The van der Waals surface area contributed by atoms with Crippen molar-refractivity contribution < 1.29 is 19.7 Å². The van der Waals surface area contributed by atoms with Gasteiger partial charge in [-0.2, -0.15) is 0 Å². The van der Waals surface area contributed by atoms with Gasteiger partial charge >= 0.3 is 6.09 Å². The van der Waals surface area contributed by atoms with Crippen LogP contribution in [-0.4, -0.2) is 40.4 Å². The number of piperidine rings is 1. The first-order chi connectivity index (χ1) is 9.43. The molecule has 2 aliphatic rings. The largest absolute Gasteiger partial charge is 0.465 e. The van der Waals surface area contributed by atoms with Crippen molar-refractivity contribution in [1.82, 2.24) is 4.90 Å². The van der Waals surface area contributed by atoms with Crippen LogP contribution in [0.1, 0.15) is 36.3 Å². The van der Waals surface area contributed by atoms with Gasteiger partial charge in [0.1, 0.15) is 11.7 Å². The van der Waals surface area contributed by atoms with Crippen molar-refractivity contribution in [3.05, 3.63) is 20.8 Å². The average molecular weight is 318 g/mol. The Morgan fingerprint density at radius 1 is 1.65 bits per heavy atom. The van der Waals surface area contributed by atoms with Gasteiger partial charge in [-0.3, -0.25) is 0 Å². The van der Waals surface area contributed by atoms with Gasteiger partial charge < -0.3 is 19.8 Å². The number of aliphatic hydroxyl groups is 1. The van der Waals surface area contributed by atoms with Gasteiger partial charge in [-0.05, 0) is 19.4 Å². The van der Waals surface area contributed by atoms with Crippen molar-refractivity contribution in [2.45, 2.75) is 37.5 Å². The summed E-state index contributed by atoms with van der Waals surface area (Å²) in [6.45, 7) is 2.56. The van der Waals surface area contributed by atoms with E-state index in [1.165, 1.54) is 16.2 Å². The molecule has 5 nitrogen and oxygen atoms in total. The first-order valence-electron chi connectivity index (χ1n) is 6.54. The Labute approximate surface area is 125 Å². The molecule has 0 saturated carbocycles. The highest BCUT2D eigenvalue weighted by atomic mass is 35.5. The number of likely N-dealkylation sites (tertiary alicyclic amines) is 1. The molecule has 1 amide bonds. The molecule has 0 bridgehead atoms. The lowest BCUT2D eigenvalue weighted by molar-refractivity contribution is -0.134. The molecule has 1 spiro atoms. The first-order valence-corrected chi connectivity index (χ1v) is 7.74. The van der Waals surface area contributed by atoms with Crippen LogP contribution in [0.15, 0.2) is 6.07 Å². The molecule has 0 aliphatic carbocycles. The summed E-state index contributed by atoms with van der Waals surface area (Å²) in [4.78, 5) is 13.6. The molecule has 2 N–H and O–H groups in total. The van der Waals surface area contributed by atoms with Crippen LogP contribution in [0.4, 0.5) is 4.79 Å². The zero-order chi connectivity index (χ0) is 14.5. The van der Waals surface area contributed by atoms with E-state index in [-0.39, 0.29) is 12.6 Å². The zero-order valence-corrected chi connectivity index (χ0v) is 12.6. The molecular formula is C13H16ClNO4S. The number of carboxylic acid groups (broad SMARTS) is 1. The van der Waals surface area contributed by atoms with Gasteiger partial charge in [0.05, 0.1) is 10.9 Å². The Morgan fingerprint density at radius 2 is 2.40 bits per heavy atom. The third-order valence-electron chi connectivity index (χ3n) is 4.18. The van der Waals surface area contributed by atoms with Crippen molar-refractivity contribution in [2.24, 2.45) is 0 Å². The Kier molecular flexibility index (Phi) is 3.44. The first kappa shape index (κ1) is 14.1. The fraction of sp³-hybridized carbons (Fsp3) is 0.615. The number of hydrogen-bond donors (Lipinski definition) is 2. The molecule has 3 atom stereocenters. The number of hydrogen-bond acceptors (Lipinski definition) is 4. The normalized spacial score (nSPS) is 33.2. The summed E-state index contributed by atoms with van der Waals surface area (Å²) in [6.07, 6.45) is -0.351. The SMILES string of the molecule is C[C@H]1C[C@@]2(CCN1C(=O)O)OCC(O)c1cc(Cl)sc12. The molecular weight excluding hydrogens is 302 g/mol. The molecule has 1 unspecified atom stereocenters. The van der Waals surface area contributed by atoms with Crippen LogP contribution in [0.2, 0.25) is 4.34 Å². The maximum Gasteiger partial charge on any atom is 0.407 e. The molecule has 2 aliphatic heterocycles. The lowest BCUT2D eigenvalue weighted by atomic mass is 9.82. The van der Waals surface area contributed by atoms with Crippen molar-refractivity contribution in [2.75, 3.05) is 13.2 Å². The second kappa shape index (κ2) is 4.87. The summed E-state index contributed by atoms with van der Waals surface area (Å²) >= 11 is 7.51. The molecule has 1 saturated heterocycles. The number of rotatable bonds is 0. The van der Waals surface area contributed by atoms with Crippen LogP contribution in [0.3, 0.4) is 0 Å². The monoisotopic (exact) mass is 317 g/mol. The van der Waals surface area contributed by atoms with E-state index in [1.54, 1.807) is 6.07 Å². The molecule has 1 fully saturated rings. The number of aliphatic hydroxyl groups excluding tert-OH is 1. The van der Waals surface area contributed by atoms with Gasteiger partial charge in [0.2, 0.25) is 0 Å². The number of halogens is 1. The number of thiophene rings is 1. The third-order valence-corrected chi connectivity index (χ3v) is 5.65. The van der Waals surface area contributed by atoms with Crippen LogP contribution in [-0.2, 0) is 10.3 Å². The van der Waals surface area contributed by atoms with Crippen LogP contribution in [0.25, 0.3) is 0 Å². The van der Waals surface area contributed by atoms with Gasteiger partial charge in [-0.25, -0.2) is 4.79 Å². The Bertz CT molecular complexity index is 548. The maximum absolute atomic E-state index is 11.2. The highest BCUT2D eigenvalue weighted by Gasteiger charge is 2.47. The fourth-order valence-corrected chi connectivity index (χ4v) is 4.68. The van der Waals surface area contributed by atoms with Crippen molar-refractivity contribution in [3.8, 4) is 0 Å². The van der Waals surface area contributed by atoms with E-state index in [0.29, 0.717) is 23.7 Å². The zero-order valence-electron chi connectivity index (χ0n) is 11.0. The van der Waals surface area contributed by atoms with Gasteiger partial charge in [-0.15, -0.1) is 11.3 Å². The second-order valence-electron chi connectivity index (χ2n) is 5.44. The third kappa shape index (κ3) is 2.11. The number of carbonyl (C=O) groups is 1. The van der Waals surface area contributed by atoms with Gasteiger partial charge in [0, 0.05) is 29.4 Å². The van der Waals surface area contributed by atoms with Crippen LogP contribution < -0.4 is 0 Å². The predicted molar refractivity (Wildman–Crippen MR) is 75.3 cm³/mol. The van der Waals surface area contributed by atoms with Crippen LogP contribution in [0.5, 0.6) is 0 Å². The quantitative estimate of drug-likeness (QED) is 0.772. The summed E-state index contributed by atoms with van der Waals surface area (Å²) in [6, 6.07) is 1.68. The highest BCUT2D eigenvalue weighted by Crippen LogP contribution is 2.50. The summed E-state index contributed by atoms with van der Waals surface area (Å²) in [5.41, 5.74) is 0.333. The van der Waals surface area contributed by atoms with E-state index in [2.05, 4.69) is 0 Å². The van der Waals surface area contributed by atoms with Crippen molar-refractivity contribution >= 4 is 29.0 Å². The molecule has 3 heterocycles.